The van der Waals surface area contributed by atoms with E-state index in [1.807, 2.05) is 0 Å². The van der Waals surface area contributed by atoms with Gasteiger partial charge in [-0.2, -0.15) is 0 Å². The van der Waals surface area contributed by atoms with Crippen LogP contribution < -0.4 is 4.31 Å². The zero-order valence-corrected chi connectivity index (χ0v) is 10.2. The minimum atomic E-state index is -3.55. The maximum atomic E-state index is 11.9. The first kappa shape index (κ1) is 12.1. The van der Waals surface area contributed by atoms with Crippen molar-refractivity contribution in [3.05, 3.63) is 29.8 Å². The van der Waals surface area contributed by atoms with Crippen LogP contribution in [0.25, 0.3) is 0 Å². The Morgan fingerprint density at radius 2 is 2.06 bits per heavy atom. The van der Waals surface area contributed by atoms with Gasteiger partial charge in [0.15, 0.2) is 5.78 Å². The second-order valence-electron chi connectivity index (χ2n) is 3.76. The van der Waals surface area contributed by atoms with Crippen LogP contribution in [0.15, 0.2) is 24.3 Å². The molecule has 0 fully saturated rings. The zero-order valence-electron chi connectivity index (χ0n) is 9.42. The summed E-state index contributed by atoms with van der Waals surface area (Å²) in [4.78, 5) is 11.7. The summed E-state index contributed by atoms with van der Waals surface area (Å²) in [5.74, 6) is -0.817. The van der Waals surface area contributed by atoms with Crippen LogP contribution in [0.3, 0.4) is 0 Å². The maximum Gasteiger partial charge on any atom is 0.242 e. The Balaban J connectivity index is 2.48. The Bertz CT molecular complexity index is 538. The third-order valence-corrected chi connectivity index (χ3v) is 4.30. The summed E-state index contributed by atoms with van der Waals surface area (Å²) in [5.41, 5.74) is 0.902. The molecule has 2 rings (SSSR count). The Kier molecular flexibility index (Phi) is 3.17. The molecule has 0 aromatic heterocycles. The van der Waals surface area contributed by atoms with Crippen LogP contribution in [0.2, 0.25) is 0 Å². The van der Waals surface area contributed by atoms with Gasteiger partial charge in [0.2, 0.25) is 10.0 Å². The van der Waals surface area contributed by atoms with Crippen LogP contribution in [0.1, 0.15) is 10.4 Å². The molecule has 0 aliphatic carbocycles. The van der Waals surface area contributed by atoms with Crippen molar-refractivity contribution in [2.45, 2.75) is 0 Å². The first-order valence-corrected chi connectivity index (χ1v) is 6.79. The number of nitrogens with zero attached hydrogens (tertiary/aromatic N) is 1. The average Bonchev–Trinajstić information content (AvgIpc) is 2.28. The molecule has 0 saturated heterocycles. The van der Waals surface area contributed by atoms with Gasteiger partial charge in [-0.1, -0.05) is 12.1 Å². The van der Waals surface area contributed by atoms with Crippen LogP contribution in [0.4, 0.5) is 5.69 Å². The van der Waals surface area contributed by atoms with Crippen LogP contribution in [-0.4, -0.2) is 40.2 Å². The standard InChI is InChI=1S/C11H13NO4S/c1-16-7-6-12-10-5-3-2-4-9(10)11(13)8-17(12,14)15/h2-5H,6-8H2,1H3. The Morgan fingerprint density at radius 3 is 2.76 bits per heavy atom. The minimum Gasteiger partial charge on any atom is -0.383 e. The number of rotatable bonds is 3. The van der Waals surface area contributed by atoms with Gasteiger partial charge in [-0.15, -0.1) is 0 Å². The summed E-state index contributed by atoms with van der Waals surface area (Å²) in [5, 5.41) is 0. The molecule has 1 aromatic carbocycles. The van der Waals surface area contributed by atoms with Gasteiger partial charge in [-0.05, 0) is 12.1 Å². The third kappa shape index (κ3) is 2.18. The van der Waals surface area contributed by atoms with Gasteiger partial charge in [0.05, 0.1) is 18.8 Å². The number of Topliss-reactive ketones (excluding diaryl/α,β-unsaturated/α-hetero) is 1. The molecule has 0 atom stereocenters. The number of carbonyl (C=O) groups is 1. The Morgan fingerprint density at radius 1 is 1.35 bits per heavy atom. The molecule has 6 heteroatoms. The van der Waals surface area contributed by atoms with Crippen LogP contribution in [0, 0.1) is 0 Å². The van der Waals surface area contributed by atoms with Crippen LogP contribution in [0.5, 0.6) is 0 Å². The van der Waals surface area contributed by atoms with E-state index in [1.165, 1.54) is 11.4 Å². The number of anilines is 1. The molecular formula is C11H13NO4S. The molecule has 1 aliphatic rings. The van der Waals surface area contributed by atoms with Crippen molar-refractivity contribution < 1.29 is 17.9 Å². The molecule has 1 aromatic rings. The maximum absolute atomic E-state index is 11.9. The molecule has 5 nitrogen and oxygen atoms in total. The number of sulfonamides is 1. The highest BCUT2D eigenvalue weighted by atomic mass is 32.2. The molecule has 0 unspecified atom stereocenters. The quantitative estimate of drug-likeness (QED) is 0.796. The van der Waals surface area contributed by atoms with Gasteiger partial charge in [-0.25, -0.2) is 8.42 Å². The fourth-order valence-electron chi connectivity index (χ4n) is 1.83. The number of hydrogen-bond acceptors (Lipinski definition) is 4. The molecule has 0 saturated carbocycles. The summed E-state index contributed by atoms with van der Waals surface area (Å²) in [6.07, 6.45) is 0. The van der Waals surface area contributed by atoms with Crippen LogP contribution >= 0.6 is 0 Å². The summed E-state index contributed by atoms with van der Waals surface area (Å²) in [6.45, 7) is 0.519. The number of ether oxygens (including phenoxy) is 1. The lowest BCUT2D eigenvalue weighted by Gasteiger charge is -2.29. The van der Waals surface area contributed by atoms with Crippen molar-refractivity contribution in [3.63, 3.8) is 0 Å². The fraction of sp³-hybridized carbons (Fsp3) is 0.364. The molecule has 92 valence electrons. The molecule has 17 heavy (non-hydrogen) atoms. The highest BCUT2D eigenvalue weighted by Crippen LogP contribution is 2.28. The second kappa shape index (κ2) is 4.46. The minimum absolute atomic E-state index is 0.225. The van der Waals surface area contributed by atoms with Gasteiger partial charge in [-0.3, -0.25) is 9.10 Å². The van der Waals surface area contributed by atoms with E-state index in [1.54, 1.807) is 24.3 Å². The van der Waals surface area contributed by atoms with Crippen molar-refractivity contribution in [3.8, 4) is 0 Å². The number of benzene rings is 1. The molecule has 0 amide bonds. The molecular weight excluding hydrogens is 242 g/mol. The molecule has 0 bridgehead atoms. The highest BCUT2D eigenvalue weighted by Gasteiger charge is 2.34. The van der Waals surface area contributed by atoms with E-state index in [4.69, 9.17) is 4.74 Å². The summed E-state index contributed by atoms with van der Waals surface area (Å²) in [7, 11) is -2.05. The lowest BCUT2D eigenvalue weighted by Crippen LogP contribution is -2.42. The molecule has 1 aliphatic heterocycles. The molecule has 0 N–H and O–H groups in total. The smallest absolute Gasteiger partial charge is 0.242 e. The van der Waals surface area contributed by atoms with Crippen molar-refractivity contribution in [2.24, 2.45) is 0 Å². The monoisotopic (exact) mass is 255 g/mol. The summed E-state index contributed by atoms with van der Waals surface area (Å²) in [6, 6.07) is 6.72. The number of carbonyl (C=O) groups excluding carboxylic acids is 1. The van der Waals surface area contributed by atoms with Crippen LogP contribution in [-0.2, 0) is 14.8 Å². The van der Waals surface area contributed by atoms with E-state index < -0.39 is 15.8 Å². The third-order valence-electron chi connectivity index (χ3n) is 2.62. The van der Waals surface area contributed by atoms with Crippen molar-refractivity contribution in [1.29, 1.82) is 0 Å². The van der Waals surface area contributed by atoms with Crippen molar-refractivity contribution in [2.75, 3.05) is 30.3 Å². The van der Waals surface area contributed by atoms with E-state index >= 15 is 0 Å². The van der Waals surface area contributed by atoms with Gasteiger partial charge in [0, 0.05) is 12.7 Å². The first-order valence-electron chi connectivity index (χ1n) is 5.18. The number of para-hydroxylation sites is 1. The summed E-state index contributed by atoms with van der Waals surface area (Å²) < 4.78 is 30.0. The normalized spacial score (nSPS) is 17.9. The van der Waals surface area contributed by atoms with Gasteiger partial charge < -0.3 is 4.74 Å². The van der Waals surface area contributed by atoms with E-state index in [0.29, 0.717) is 17.9 Å². The van der Waals surface area contributed by atoms with E-state index in [2.05, 4.69) is 0 Å². The predicted molar refractivity (Wildman–Crippen MR) is 63.8 cm³/mol. The molecule has 1 heterocycles. The topological polar surface area (TPSA) is 63.7 Å². The number of methoxy groups -OCH3 is 1. The SMILES string of the molecule is COCCN1c2ccccc2C(=O)CS1(=O)=O. The number of fused-ring (bicyclic) bond motifs is 1. The van der Waals surface area contributed by atoms with E-state index in [0.717, 1.165) is 0 Å². The Labute approximate surface area is 100 Å². The zero-order chi connectivity index (χ0) is 12.5. The average molecular weight is 255 g/mol. The van der Waals surface area contributed by atoms with Gasteiger partial charge in [0.1, 0.15) is 5.75 Å². The number of ketones is 1. The van der Waals surface area contributed by atoms with Gasteiger partial charge in [0.25, 0.3) is 0 Å². The first-order chi connectivity index (χ1) is 8.06. The van der Waals surface area contributed by atoms with Gasteiger partial charge >= 0.3 is 0 Å². The molecule has 0 spiro atoms. The predicted octanol–water partition coefficient (Wildman–Crippen LogP) is 0.666. The van der Waals surface area contributed by atoms with E-state index in [-0.39, 0.29) is 12.3 Å². The fourth-order valence-corrected chi connectivity index (χ4v) is 3.29. The largest absolute Gasteiger partial charge is 0.383 e. The summed E-state index contributed by atoms with van der Waals surface area (Å²) >= 11 is 0. The van der Waals surface area contributed by atoms with Crippen molar-refractivity contribution >= 4 is 21.5 Å². The molecule has 0 radical (unpaired) electrons. The lowest BCUT2D eigenvalue weighted by molar-refractivity contribution is 0.101. The van der Waals surface area contributed by atoms with E-state index in [9.17, 15) is 13.2 Å². The Hall–Kier alpha value is -1.40. The van der Waals surface area contributed by atoms with Crippen molar-refractivity contribution in [1.82, 2.24) is 0 Å². The highest BCUT2D eigenvalue weighted by molar-refractivity contribution is 7.93. The number of hydrogen-bond donors (Lipinski definition) is 0. The second-order valence-corrected chi connectivity index (χ2v) is 5.65. The lowest BCUT2D eigenvalue weighted by atomic mass is 10.1.